The van der Waals surface area contributed by atoms with Gasteiger partial charge in [-0.3, -0.25) is 0 Å². The summed E-state index contributed by atoms with van der Waals surface area (Å²) in [5.41, 5.74) is 13.8. The van der Waals surface area contributed by atoms with E-state index in [0.717, 1.165) is 22.6 Å². The van der Waals surface area contributed by atoms with Crippen LogP contribution < -0.4 is 16.2 Å². The number of hydrogen-bond donors (Lipinski definition) is 2. The molecule has 2 aromatic rings. The van der Waals surface area contributed by atoms with Gasteiger partial charge in [-0.25, -0.2) is 0 Å². The molecule has 2 aromatic carbocycles. The Bertz CT molecular complexity index is 466. The SMILES string of the molecule is C[C@H](N)c1ccc(Oc2ccc([C@@H](C)N)cc2)cc1. The maximum atomic E-state index is 5.81. The van der Waals surface area contributed by atoms with Gasteiger partial charge in [-0.2, -0.15) is 0 Å². The van der Waals surface area contributed by atoms with E-state index in [2.05, 4.69) is 0 Å². The molecular formula is C16H20N2O. The fraction of sp³-hybridized carbons (Fsp3) is 0.250. The number of hydrogen-bond acceptors (Lipinski definition) is 3. The minimum atomic E-state index is 0.0411. The molecule has 0 saturated carbocycles. The third-order valence-corrected chi connectivity index (χ3v) is 3.05. The van der Waals surface area contributed by atoms with Crippen LogP contribution in [0.2, 0.25) is 0 Å². The summed E-state index contributed by atoms with van der Waals surface area (Å²) in [4.78, 5) is 0. The van der Waals surface area contributed by atoms with Gasteiger partial charge in [-0.05, 0) is 49.2 Å². The summed E-state index contributed by atoms with van der Waals surface area (Å²) >= 11 is 0. The van der Waals surface area contributed by atoms with Gasteiger partial charge in [0.1, 0.15) is 11.5 Å². The van der Waals surface area contributed by atoms with Crippen molar-refractivity contribution >= 4 is 0 Å². The van der Waals surface area contributed by atoms with Gasteiger partial charge in [0.25, 0.3) is 0 Å². The second-order valence-corrected chi connectivity index (χ2v) is 4.82. The van der Waals surface area contributed by atoms with Crippen LogP contribution in [0, 0.1) is 0 Å². The molecule has 4 N–H and O–H groups in total. The lowest BCUT2D eigenvalue weighted by Crippen LogP contribution is -2.04. The van der Waals surface area contributed by atoms with Crippen molar-refractivity contribution in [3.8, 4) is 11.5 Å². The smallest absolute Gasteiger partial charge is 0.127 e. The van der Waals surface area contributed by atoms with Crippen molar-refractivity contribution < 1.29 is 4.74 Å². The number of nitrogens with two attached hydrogens (primary N) is 2. The minimum absolute atomic E-state index is 0.0411. The highest BCUT2D eigenvalue weighted by Crippen LogP contribution is 2.24. The Hall–Kier alpha value is -1.84. The van der Waals surface area contributed by atoms with Crippen molar-refractivity contribution in [2.45, 2.75) is 25.9 Å². The predicted octanol–water partition coefficient (Wildman–Crippen LogP) is 3.52. The fourth-order valence-corrected chi connectivity index (χ4v) is 1.81. The van der Waals surface area contributed by atoms with E-state index in [9.17, 15) is 0 Å². The topological polar surface area (TPSA) is 61.3 Å². The van der Waals surface area contributed by atoms with Crippen LogP contribution in [0.5, 0.6) is 11.5 Å². The molecule has 0 aromatic heterocycles. The summed E-state index contributed by atoms with van der Waals surface area (Å²) in [5, 5.41) is 0. The summed E-state index contributed by atoms with van der Waals surface area (Å²) in [6.45, 7) is 3.92. The molecule has 100 valence electrons. The first-order valence-electron chi connectivity index (χ1n) is 6.45. The third kappa shape index (κ3) is 3.56. The van der Waals surface area contributed by atoms with Crippen LogP contribution in [0.25, 0.3) is 0 Å². The van der Waals surface area contributed by atoms with Crippen LogP contribution in [0.4, 0.5) is 0 Å². The van der Waals surface area contributed by atoms with Gasteiger partial charge in [0.15, 0.2) is 0 Å². The third-order valence-electron chi connectivity index (χ3n) is 3.05. The van der Waals surface area contributed by atoms with E-state index in [4.69, 9.17) is 16.2 Å². The Balaban J connectivity index is 2.08. The van der Waals surface area contributed by atoms with Crippen LogP contribution in [0.3, 0.4) is 0 Å². The first-order valence-corrected chi connectivity index (χ1v) is 6.45. The van der Waals surface area contributed by atoms with Crippen LogP contribution in [0.1, 0.15) is 37.1 Å². The molecule has 3 nitrogen and oxygen atoms in total. The highest BCUT2D eigenvalue weighted by atomic mass is 16.5. The van der Waals surface area contributed by atoms with E-state index in [-0.39, 0.29) is 12.1 Å². The van der Waals surface area contributed by atoms with Crippen molar-refractivity contribution in [1.29, 1.82) is 0 Å². The van der Waals surface area contributed by atoms with Crippen molar-refractivity contribution in [2.75, 3.05) is 0 Å². The van der Waals surface area contributed by atoms with E-state index in [1.165, 1.54) is 0 Å². The molecule has 0 unspecified atom stereocenters. The van der Waals surface area contributed by atoms with E-state index >= 15 is 0 Å². The van der Waals surface area contributed by atoms with Crippen molar-refractivity contribution in [2.24, 2.45) is 11.5 Å². The van der Waals surface area contributed by atoms with Crippen LogP contribution in [-0.2, 0) is 0 Å². The Labute approximate surface area is 114 Å². The lowest BCUT2D eigenvalue weighted by molar-refractivity contribution is 0.482. The maximum Gasteiger partial charge on any atom is 0.127 e. The lowest BCUT2D eigenvalue weighted by atomic mass is 10.1. The molecule has 3 heteroatoms. The van der Waals surface area contributed by atoms with Crippen LogP contribution in [0.15, 0.2) is 48.5 Å². The van der Waals surface area contributed by atoms with Crippen molar-refractivity contribution in [3.63, 3.8) is 0 Å². The quantitative estimate of drug-likeness (QED) is 0.879. The number of ether oxygens (including phenoxy) is 1. The predicted molar refractivity (Wildman–Crippen MR) is 78.2 cm³/mol. The molecule has 0 spiro atoms. The van der Waals surface area contributed by atoms with E-state index in [0.29, 0.717) is 0 Å². The van der Waals surface area contributed by atoms with E-state index in [1.807, 2.05) is 62.4 Å². The highest BCUT2D eigenvalue weighted by Gasteiger charge is 2.02. The zero-order chi connectivity index (χ0) is 13.8. The van der Waals surface area contributed by atoms with Gasteiger partial charge in [0.05, 0.1) is 0 Å². The minimum Gasteiger partial charge on any atom is -0.457 e. The summed E-state index contributed by atoms with van der Waals surface area (Å²) in [7, 11) is 0. The zero-order valence-electron chi connectivity index (χ0n) is 11.3. The van der Waals surface area contributed by atoms with Gasteiger partial charge < -0.3 is 16.2 Å². The second-order valence-electron chi connectivity index (χ2n) is 4.82. The second kappa shape index (κ2) is 5.87. The Morgan fingerprint density at radius 2 is 1.00 bits per heavy atom. The molecule has 0 bridgehead atoms. The van der Waals surface area contributed by atoms with Gasteiger partial charge in [-0.15, -0.1) is 0 Å². The highest BCUT2D eigenvalue weighted by molar-refractivity contribution is 5.35. The summed E-state index contributed by atoms with van der Waals surface area (Å²) < 4.78 is 5.77. The van der Waals surface area contributed by atoms with E-state index < -0.39 is 0 Å². The first-order chi connectivity index (χ1) is 9.06. The Morgan fingerprint density at radius 3 is 1.26 bits per heavy atom. The molecule has 0 heterocycles. The van der Waals surface area contributed by atoms with Crippen LogP contribution in [-0.4, -0.2) is 0 Å². The molecule has 0 saturated heterocycles. The summed E-state index contributed by atoms with van der Waals surface area (Å²) in [6.07, 6.45) is 0. The normalized spacial score (nSPS) is 13.9. The molecule has 0 aliphatic rings. The largest absolute Gasteiger partial charge is 0.457 e. The molecule has 0 aliphatic heterocycles. The standard InChI is InChI=1S/C16H20N2O/c1-11(17)13-3-7-15(8-4-13)19-16-9-5-14(6-10-16)12(2)18/h3-12H,17-18H2,1-2H3/t11-,12+. The van der Waals surface area contributed by atoms with Crippen LogP contribution >= 0.6 is 0 Å². The summed E-state index contributed by atoms with van der Waals surface area (Å²) in [6, 6.07) is 15.7. The molecule has 0 fully saturated rings. The monoisotopic (exact) mass is 256 g/mol. The Kier molecular flexibility index (Phi) is 4.20. The maximum absolute atomic E-state index is 5.81. The van der Waals surface area contributed by atoms with Crippen molar-refractivity contribution in [3.05, 3.63) is 59.7 Å². The van der Waals surface area contributed by atoms with E-state index in [1.54, 1.807) is 0 Å². The van der Waals surface area contributed by atoms with Gasteiger partial charge in [-0.1, -0.05) is 24.3 Å². The lowest BCUT2D eigenvalue weighted by Gasteiger charge is -2.10. The fourth-order valence-electron chi connectivity index (χ4n) is 1.81. The number of rotatable bonds is 4. The zero-order valence-corrected chi connectivity index (χ0v) is 11.3. The molecule has 0 radical (unpaired) electrons. The molecule has 0 aliphatic carbocycles. The summed E-state index contributed by atoms with van der Waals surface area (Å²) in [5.74, 6) is 1.61. The Morgan fingerprint density at radius 1 is 0.684 bits per heavy atom. The first kappa shape index (κ1) is 13.6. The average molecular weight is 256 g/mol. The molecular weight excluding hydrogens is 236 g/mol. The van der Waals surface area contributed by atoms with Gasteiger partial charge >= 0.3 is 0 Å². The molecule has 2 atom stereocenters. The van der Waals surface area contributed by atoms with Gasteiger partial charge in [0.2, 0.25) is 0 Å². The molecule has 2 rings (SSSR count). The molecule has 19 heavy (non-hydrogen) atoms. The molecule has 0 amide bonds. The van der Waals surface area contributed by atoms with Gasteiger partial charge in [0, 0.05) is 12.1 Å². The average Bonchev–Trinajstić information content (AvgIpc) is 2.40. The number of benzene rings is 2. The van der Waals surface area contributed by atoms with Crippen molar-refractivity contribution in [1.82, 2.24) is 0 Å².